The normalized spacial score (nSPS) is 14.3. The number of benzene rings is 1. The van der Waals surface area contributed by atoms with E-state index in [1.807, 2.05) is 12.1 Å². The summed E-state index contributed by atoms with van der Waals surface area (Å²) in [6, 6.07) is 9.96. The molecule has 1 N–H and O–H groups in total. The van der Waals surface area contributed by atoms with Gasteiger partial charge in [-0.3, -0.25) is 14.9 Å². The van der Waals surface area contributed by atoms with Crippen LogP contribution < -0.4 is 10.2 Å². The Morgan fingerprint density at radius 3 is 2.64 bits per heavy atom. The zero-order valence-electron chi connectivity index (χ0n) is 18.6. The molecule has 1 aliphatic heterocycles. The van der Waals surface area contributed by atoms with Gasteiger partial charge in [0.1, 0.15) is 5.82 Å². The van der Waals surface area contributed by atoms with Crippen molar-refractivity contribution >= 4 is 17.4 Å². The monoisotopic (exact) mass is 450 g/mol. The van der Waals surface area contributed by atoms with Gasteiger partial charge in [0.05, 0.1) is 16.3 Å². The van der Waals surface area contributed by atoms with Crippen molar-refractivity contribution in [2.75, 3.05) is 37.6 Å². The second kappa shape index (κ2) is 9.74. The maximum absolute atomic E-state index is 12.7. The first kappa shape index (κ1) is 22.3. The van der Waals surface area contributed by atoms with E-state index in [0.29, 0.717) is 17.9 Å². The highest BCUT2D eigenvalue weighted by Gasteiger charge is 2.19. The lowest BCUT2D eigenvalue weighted by atomic mass is 10.2. The summed E-state index contributed by atoms with van der Waals surface area (Å²) in [5.74, 6) is 0.570. The van der Waals surface area contributed by atoms with Gasteiger partial charge in [-0.2, -0.15) is 0 Å². The molecule has 0 radical (unpaired) electrons. The lowest BCUT2D eigenvalue weighted by Gasteiger charge is -2.34. The lowest BCUT2D eigenvalue weighted by Crippen LogP contribution is -2.46. The average Bonchev–Trinajstić information content (AvgIpc) is 3.24. The van der Waals surface area contributed by atoms with Crippen molar-refractivity contribution in [2.24, 2.45) is 0 Å². The van der Waals surface area contributed by atoms with Crippen LogP contribution >= 0.6 is 0 Å². The number of nitro groups is 1. The number of nitrogens with zero attached hydrogens (tertiary/aromatic N) is 7. The third kappa shape index (κ3) is 4.98. The molecule has 1 fully saturated rings. The number of hydrogen-bond acceptors (Lipinski definition) is 8. The standard InChI is InChI=1S/C22H26N8O3/c1-3-27-9-11-28(12-10-27)20-8-7-17(14-23-20)15-24-22(31)21-16(2)29(26-25-21)18-5-4-6-19(13-18)30(32)33/h4-8,13-14H,3,9-12,15H2,1-2H3,(H,24,31). The van der Waals surface area contributed by atoms with Gasteiger partial charge in [-0.15, -0.1) is 5.10 Å². The number of aromatic nitrogens is 4. The topological polar surface area (TPSA) is 122 Å². The number of pyridine rings is 1. The predicted octanol–water partition coefficient (Wildman–Crippen LogP) is 1.95. The Morgan fingerprint density at radius 1 is 1.18 bits per heavy atom. The van der Waals surface area contributed by atoms with Crippen LogP contribution in [0.25, 0.3) is 5.69 Å². The molecule has 3 aromatic rings. The van der Waals surface area contributed by atoms with Gasteiger partial charge in [0, 0.05) is 51.1 Å². The Hall–Kier alpha value is -3.86. The molecule has 0 atom stereocenters. The number of rotatable bonds is 7. The number of hydrogen-bond donors (Lipinski definition) is 1. The van der Waals surface area contributed by atoms with Crippen molar-refractivity contribution < 1.29 is 9.72 Å². The maximum atomic E-state index is 12.7. The molecule has 33 heavy (non-hydrogen) atoms. The SMILES string of the molecule is CCN1CCN(c2ccc(CNC(=O)c3nnn(-c4cccc([N+](=O)[O-])c4)c3C)cn2)CC1. The van der Waals surface area contributed by atoms with E-state index in [-0.39, 0.29) is 17.3 Å². The highest BCUT2D eigenvalue weighted by atomic mass is 16.6. The molecule has 11 nitrogen and oxygen atoms in total. The van der Waals surface area contributed by atoms with Gasteiger partial charge >= 0.3 is 0 Å². The van der Waals surface area contributed by atoms with Crippen molar-refractivity contribution in [1.29, 1.82) is 0 Å². The molecule has 0 unspecified atom stereocenters. The Morgan fingerprint density at radius 2 is 1.97 bits per heavy atom. The van der Waals surface area contributed by atoms with Crippen LogP contribution in [-0.4, -0.2) is 68.4 Å². The number of amides is 1. The fourth-order valence-corrected chi connectivity index (χ4v) is 3.79. The van der Waals surface area contributed by atoms with Crippen molar-refractivity contribution in [3.8, 4) is 5.69 Å². The fourth-order valence-electron chi connectivity index (χ4n) is 3.79. The largest absolute Gasteiger partial charge is 0.354 e. The summed E-state index contributed by atoms with van der Waals surface area (Å²) in [7, 11) is 0. The molecular weight excluding hydrogens is 424 g/mol. The van der Waals surface area contributed by atoms with Crippen LogP contribution in [0.4, 0.5) is 11.5 Å². The molecule has 1 aromatic carbocycles. The second-order valence-corrected chi connectivity index (χ2v) is 7.84. The Labute approximate surface area is 191 Å². The fraction of sp³-hybridized carbons (Fsp3) is 0.364. The van der Waals surface area contributed by atoms with Gasteiger partial charge in [-0.05, 0) is 31.2 Å². The summed E-state index contributed by atoms with van der Waals surface area (Å²) in [4.78, 5) is 32.5. The Kier molecular flexibility index (Phi) is 6.59. The van der Waals surface area contributed by atoms with Crippen LogP contribution in [-0.2, 0) is 6.54 Å². The molecule has 0 spiro atoms. The minimum absolute atomic E-state index is 0.0587. The highest BCUT2D eigenvalue weighted by molar-refractivity contribution is 5.93. The van der Waals surface area contributed by atoms with Gasteiger partial charge in [-0.25, -0.2) is 9.67 Å². The Bertz CT molecular complexity index is 1140. The molecule has 2 aromatic heterocycles. The number of carbonyl (C=O) groups excluding carboxylic acids is 1. The number of carbonyl (C=O) groups is 1. The first-order valence-corrected chi connectivity index (χ1v) is 10.8. The first-order chi connectivity index (χ1) is 16.0. The molecule has 172 valence electrons. The number of likely N-dealkylation sites (N-methyl/N-ethyl adjacent to an activating group) is 1. The van der Waals surface area contributed by atoms with Crippen LogP contribution in [0, 0.1) is 17.0 Å². The molecule has 0 bridgehead atoms. The molecule has 1 amide bonds. The lowest BCUT2D eigenvalue weighted by molar-refractivity contribution is -0.384. The molecular formula is C22H26N8O3. The van der Waals surface area contributed by atoms with Gasteiger partial charge in [0.25, 0.3) is 11.6 Å². The van der Waals surface area contributed by atoms with Crippen LogP contribution in [0.3, 0.4) is 0 Å². The van der Waals surface area contributed by atoms with Gasteiger partial charge < -0.3 is 15.1 Å². The molecule has 11 heteroatoms. The highest BCUT2D eigenvalue weighted by Crippen LogP contribution is 2.18. The van der Waals surface area contributed by atoms with Crippen molar-refractivity contribution in [2.45, 2.75) is 20.4 Å². The summed E-state index contributed by atoms with van der Waals surface area (Å²) in [5.41, 5.74) is 1.94. The summed E-state index contributed by atoms with van der Waals surface area (Å²) in [6.45, 7) is 9.22. The molecule has 0 saturated carbocycles. The average molecular weight is 451 g/mol. The van der Waals surface area contributed by atoms with Crippen molar-refractivity contribution in [1.82, 2.24) is 30.2 Å². The number of nitrogens with one attached hydrogen (secondary N) is 1. The van der Waals surface area contributed by atoms with E-state index < -0.39 is 4.92 Å². The van der Waals surface area contributed by atoms with E-state index >= 15 is 0 Å². The van der Waals surface area contributed by atoms with Crippen LogP contribution in [0.2, 0.25) is 0 Å². The van der Waals surface area contributed by atoms with E-state index in [0.717, 1.165) is 44.1 Å². The molecule has 1 saturated heterocycles. The number of non-ortho nitro benzene ring substituents is 1. The molecule has 4 rings (SSSR count). The van der Waals surface area contributed by atoms with Gasteiger partial charge in [-0.1, -0.05) is 24.3 Å². The third-order valence-electron chi connectivity index (χ3n) is 5.80. The van der Waals surface area contributed by atoms with E-state index in [9.17, 15) is 14.9 Å². The summed E-state index contributed by atoms with van der Waals surface area (Å²) in [5, 5.41) is 21.8. The van der Waals surface area contributed by atoms with E-state index in [2.05, 4.69) is 37.3 Å². The van der Waals surface area contributed by atoms with E-state index in [1.54, 1.807) is 25.3 Å². The Balaban J connectivity index is 1.38. The van der Waals surface area contributed by atoms with Crippen LogP contribution in [0.5, 0.6) is 0 Å². The predicted molar refractivity (Wildman–Crippen MR) is 122 cm³/mol. The maximum Gasteiger partial charge on any atom is 0.274 e. The summed E-state index contributed by atoms with van der Waals surface area (Å²) >= 11 is 0. The third-order valence-corrected chi connectivity index (χ3v) is 5.80. The van der Waals surface area contributed by atoms with Gasteiger partial charge in [0.2, 0.25) is 0 Å². The smallest absolute Gasteiger partial charge is 0.274 e. The minimum atomic E-state index is -0.478. The summed E-state index contributed by atoms with van der Waals surface area (Å²) < 4.78 is 1.41. The minimum Gasteiger partial charge on any atom is -0.354 e. The molecule has 0 aliphatic carbocycles. The van der Waals surface area contributed by atoms with Crippen molar-refractivity contribution in [3.63, 3.8) is 0 Å². The zero-order chi connectivity index (χ0) is 23.4. The second-order valence-electron chi connectivity index (χ2n) is 7.84. The number of anilines is 1. The van der Waals surface area contributed by atoms with E-state index in [4.69, 9.17) is 0 Å². The quantitative estimate of drug-likeness (QED) is 0.428. The molecule has 3 heterocycles. The number of piperazine rings is 1. The summed E-state index contributed by atoms with van der Waals surface area (Å²) in [6.07, 6.45) is 1.77. The first-order valence-electron chi connectivity index (χ1n) is 10.8. The van der Waals surface area contributed by atoms with Gasteiger partial charge in [0.15, 0.2) is 5.69 Å². The number of nitro benzene ring substituents is 1. The van der Waals surface area contributed by atoms with Crippen molar-refractivity contribution in [3.05, 3.63) is 69.7 Å². The molecule has 1 aliphatic rings. The van der Waals surface area contributed by atoms with Crippen LogP contribution in [0.1, 0.15) is 28.7 Å². The zero-order valence-corrected chi connectivity index (χ0v) is 18.6. The van der Waals surface area contributed by atoms with E-state index in [1.165, 1.54) is 16.8 Å². The van der Waals surface area contributed by atoms with Crippen LogP contribution in [0.15, 0.2) is 42.6 Å².